The lowest BCUT2D eigenvalue weighted by Crippen LogP contribution is -2.35. The molecule has 5 nitrogen and oxygen atoms in total. The van der Waals surface area contributed by atoms with Crippen molar-refractivity contribution >= 4 is 11.6 Å². The van der Waals surface area contributed by atoms with Crippen molar-refractivity contribution in [2.75, 3.05) is 32.3 Å². The highest BCUT2D eigenvalue weighted by molar-refractivity contribution is 5.97. The molecule has 1 N–H and O–H groups in total. The minimum Gasteiger partial charge on any atom is -0.482 e. The normalized spacial score (nSPS) is 14.8. The van der Waals surface area contributed by atoms with E-state index in [1.807, 2.05) is 25.2 Å². The van der Waals surface area contributed by atoms with Crippen LogP contribution in [0.15, 0.2) is 18.2 Å². The van der Waals surface area contributed by atoms with Gasteiger partial charge < -0.3 is 14.7 Å². The highest BCUT2D eigenvalue weighted by Gasteiger charge is 2.22. The first-order valence-corrected chi connectivity index (χ1v) is 5.43. The molecule has 0 radical (unpaired) electrons. The summed E-state index contributed by atoms with van der Waals surface area (Å²) in [6, 6.07) is 5.71. The Morgan fingerprint density at radius 2 is 2.29 bits per heavy atom. The van der Waals surface area contributed by atoms with Gasteiger partial charge in [-0.05, 0) is 24.7 Å². The molecule has 0 fully saturated rings. The standard InChI is InChI=1S/C12H16N2O3/c1-13(8-15)6-9-3-4-11-10(5-9)14(2)12(16)7-17-11/h3-5,15H,6-8H2,1-2H3. The molecule has 0 aliphatic carbocycles. The summed E-state index contributed by atoms with van der Waals surface area (Å²) in [7, 11) is 3.56. The second-order valence-electron chi connectivity index (χ2n) is 4.20. The van der Waals surface area contributed by atoms with Crippen LogP contribution in [-0.2, 0) is 11.3 Å². The minimum absolute atomic E-state index is 0.00234. The zero-order valence-corrected chi connectivity index (χ0v) is 10.0. The summed E-state index contributed by atoms with van der Waals surface area (Å²) >= 11 is 0. The Morgan fingerprint density at radius 3 is 3.00 bits per heavy atom. The summed E-state index contributed by atoms with van der Waals surface area (Å²) in [6.07, 6.45) is 0. The van der Waals surface area contributed by atoms with Crippen LogP contribution in [0.4, 0.5) is 5.69 Å². The molecular weight excluding hydrogens is 220 g/mol. The van der Waals surface area contributed by atoms with E-state index in [1.165, 1.54) is 0 Å². The molecule has 2 rings (SSSR count). The highest BCUT2D eigenvalue weighted by atomic mass is 16.5. The third-order valence-electron chi connectivity index (χ3n) is 2.80. The first-order valence-electron chi connectivity index (χ1n) is 5.43. The number of amides is 1. The van der Waals surface area contributed by atoms with Gasteiger partial charge in [-0.3, -0.25) is 9.69 Å². The van der Waals surface area contributed by atoms with E-state index in [0.717, 1.165) is 17.0 Å². The molecular formula is C12H16N2O3. The fourth-order valence-corrected chi connectivity index (χ4v) is 1.78. The number of aliphatic hydroxyl groups is 1. The van der Waals surface area contributed by atoms with Gasteiger partial charge in [-0.15, -0.1) is 0 Å². The number of carbonyl (C=O) groups excluding carboxylic acids is 1. The van der Waals surface area contributed by atoms with Crippen LogP contribution in [0.25, 0.3) is 0 Å². The molecule has 0 spiro atoms. The van der Waals surface area contributed by atoms with Crippen LogP contribution < -0.4 is 9.64 Å². The molecule has 92 valence electrons. The fourth-order valence-electron chi connectivity index (χ4n) is 1.78. The monoisotopic (exact) mass is 236 g/mol. The first kappa shape index (κ1) is 11.9. The summed E-state index contributed by atoms with van der Waals surface area (Å²) in [5, 5.41) is 8.97. The van der Waals surface area contributed by atoms with E-state index in [-0.39, 0.29) is 19.2 Å². The third kappa shape index (κ3) is 2.40. The Kier molecular flexibility index (Phi) is 3.31. The number of carbonyl (C=O) groups is 1. The predicted molar refractivity (Wildman–Crippen MR) is 63.9 cm³/mol. The number of anilines is 1. The number of benzene rings is 1. The molecule has 1 aromatic carbocycles. The lowest BCUT2D eigenvalue weighted by molar-refractivity contribution is -0.120. The van der Waals surface area contributed by atoms with Crippen LogP contribution in [0.3, 0.4) is 0 Å². The Morgan fingerprint density at radius 1 is 1.53 bits per heavy atom. The Bertz CT molecular complexity index is 434. The van der Waals surface area contributed by atoms with Crippen LogP contribution in [0, 0.1) is 0 Å². The van der Waals surface area contributed by atoms with Crippen molar-refractivity contribution in [3.05, 3.63) is 23.8 Å². The molecule has 17 heavy (non-hydrogen) atoms. The summed E-state index contributed by atoms with van der Waals surface area (Å²) in [5.74, 6) is 0.674. The topological polar surface area (TPSA) is 53.0 Å². The lowest BCUT2D eigenvalue weighted by Gasteiger charge is -2.26. The maximum Gasteiger partial charge on any atom is 0.264 e. The zero-order valence-electron chi connectivity index (χ0n) is 10.0. The molecule has 0 saturated heterocycles. The van der Waals surface area contributed by atoms with Gasteiger partial charge in [0, 0.05) is 13.6 Å². The van der Waals surface area contributed by atoms with Gasteiger partial charge in [0.1, 0.15) is 5.75 Å². The van der Waals surface area contributed by atoms with Gasteiger partial charge in [-0.25, -0.2) is 0 Å². The van der Waals surface area contributed by atoms with Gasteiger partial charge in [-0.1, -0.05) is 6.07 Å². The van der Waals surface area contributed by atoms with Crippen LogP contribution in [0.5, 0.6) is 5.75 Å². The maximum atomic E-state index is 11.5. The van der Waals surface area contributed by atoms with Gasteiger partial charge in [-0.2, -0.15) is 0 Å². The second kappa shape index (κ2) is 4.73. The first-order chi connectivity index (χ1) is 8.11. The van der Waals surface area contributed by atoms with E-state index in [9.17, 15) is 4.79 Å². The SMILES string of the molecule is CN(CO)Cc1ccc2c(c1)N(C)C(=O)CO2. The summed E-state index contributed by atoms with van der Waals surface area (Å²) in [5.41, 5.74) is 1.82. The van der Waals surface area contributed by atoms with E-state index in [0.29, 0.717) is 6.54 Å². The Balaban J connectivity index is 2.26. The molecule has 1 aliphatic heterocycles. The van der Waals surface area contributed by atoms with E-state index < -0.39 is 0 Å². The molecule has 0 saturated carbocycles. The van der Waals surface area contributed by atoms with Gasteiger partial charge in [0.2, 0.25) is 0 Å². The molecule has 1 heterocycles. The van der Waals surface area contributed by atoms with Gasteiger partial charge in [0.05, 0.1) is 12.4 Å². The van der Waals surface area contributed by atoms with Crippen LogP contribution in [0.1, 0.15) is 5.56 Å². The maximum absolute atomic E-state index is 11.5. The molecule has 1 amide bonds. The number of likely N-dealkylation sites (N-methyl/N-ethyl adjacent to an activating group) is 1. The van der Waals surface area contributed by atoms with Crippen molar-refractivity contribution in [2.45, 2.75) is 6.54 Å². The van der Waals surface area contributed by atoms with Crippen molar-refractivity contribution in [1.82, 2.24) is 4.90 Å². The Labute approximate surface area is 100 Å². The van der Waals surface area contributed by atoms with E-state index >= 15 is 0 Å². The van der Waals surface area contributed by atoms with Crippen molar-refractivity contribution in [3.63, 3.8) is 0 Å². The van der Waals surface area contributed by atoms with Gasteiger partial charge in [0.15, 0.2) is 6.61 Å². The molecule has 0 unspecified atom stereocenters. The largest absolute Gasteiger partial charge is 0.482 e. The fraction of sp³-hybridized carbons (Fsp3) is 0.417. The number of aliphatic hydroxyl groups excluding tert-OH is 1. The molecule has 0 aromatic heterocycles. The number of hydrogen-bond acceptors (Lipinski definition) is 4. The summed E-state index contributed by atoms with van der Waals surface area (Å²) in [4.78, 5) is 14.9. The molecule has 0 atom stereocenters. The summed E-state index contributed by atoms with van der Waals surface area (Å²) in [6.45, 7) is 0.730. The number of fused-ring (bicyclic) bond motifs is 1. The van der Waals surface area contributed by atoms with E-state index in [2.05, 4.69) is 0 Å². The van der Waals surface area contributed by atoms with Crippen molar-refractivity contribution in [2.24, 2.45) is 0 Å². The predicted octanol–water partition coefficient (Wildman–Crippen LogP) is 0.423. The van der Waals surface area contributed by atoms with Crippen LogP contribution in [0.2, 0.25) is 0 Å². The zero-order chi connectivity index (χ0) is 12.4. The lowest BCUT2D eigenvalue weighted by atomic mass is 10.1. The van der Waals surface area contributed by atoms with Crippen LogP contribution >= 0.6 is 0 Å². The summed E-state index contributed by atoms with van der Waals surface area (Å²) < 4.78 is 5.34. The molecule has 1 aromatic rings. The second-order valence-corrected chi connectivity index (χ2v) is 4.20. The smallest absolute Gasteiger partial charge is 0.264 e. The molecule has 5 heteroatoms. The highest BCUT2D eigenvalue weighted by Crippen LogP contribution is 2.32. The molecule has 0 bridgehead atoms. The van der Waals surface area contributed by atoms with E-state index in [4.69, 9.17) is 9.84 Å². The average molecular weight is 236 g/mol. The third-order valence-corrected chi connectivity index (χ3v) is 2.80. The van der Waals surface area contributed by atoms with Gasteiger partial charge in [0.25, 0.3) is 5.91 Å². The number of ether oxygens (including phenoxy) is 1. The van der Waals surface area contributed by atoms with Crippen molar-refractivity contribution < 1.29 is 14.6 Å². The van der Waals surface area contributed by atoms with Crippen molar-refractivity contribution in [3.8, 4) is 5.75 Å². The number of nitrogens with zero attached hydrogens (tertiary/aromatic N) is 2. The molecule has 1 aliphatic rings. The van der Waals surface area contributed by atoms with Gasteiger partial charge >= 0.3 is 0 Å². The van der Waals surface area contributed by atoms with Crippen LogP contribution in [-0.4, -0.2) is 43.3 Å². The number of rotatable bonds is 3. The van der Waals surface area contributed by atoms with Crippen molar-refractivity contribution in [1.29, 1.82) is 0 Å². The minimum atomic E-state index is -0.0508. The number of hydrogen-bond donors (Lipinski definition) is 1. The van der Waals surface area contributed by atoms with E-state index in [1.54, 1.807) is 16.8 Å². The quantitative estimate of drug-likeness (QED) is 0.773. The Hall–Kier alpha value is -1.59. The average Bonchev–Trinajstić information content (AvgIpc) is 2.34.